The number of aliphatic carboxylic acids is 1. The lowest BCUT2D eigenvalue weighted by atomic mass is 10.2. The van der Waals surface area contributed by atoms with Crippen molar-refractivity contribution in [2.24, 2.45) is 0 Å². The fourth-order valence-electron chi connectivity index (χ4n) is 2.05. The number of hydrogen-bond acceptors (Lipinski definition) is 3. The highest BCUT2D eigenvalue weighted by atomic mass is 79.9. The zero-order valence-corrected chi connectivity index (χ0v) is 11.8. The van der Waals surface area contributed by atoms with Crippen LogP contribution in [0.25, 0.3) is 0 Å². The molecule has 1 aliphatic rings. The van der Waals surface area contributed by atoms with Crippen molar-refractivity contribution in [1.29, 1.82) is 0 Å². The van der Waals surface area contributed by atoms with Gasteiger partial charge in [-0.2, -0.15) is 0 Å². The molecule has 0 bridgehead atoms. The summed E-state index contributed by atoms with van der Waals surface area (Å²) in [4.78, 5) is 24.1. The van der Waals surface area contributed by atoms with Crippen molar-refractivity contribution in [3.05, 3.63) is 28.5 Å². The largest absolute Gasteiger partial charge is 0.480 e. The second-order valence-corrected chi connectivity index (χ2v) is 5.30. The van der Waals surface area contributed by atoms with Gasteiger partial charge in [-0.05, 0) is 34.1 Å². The molecule has 1 aromatic rings. The van der Waals surface area contributed by atoms with Gasteiger partial charge in [-0.25, -0.2) is 14.0 Å². The summed E-state index contributed by atoms with van der Waals surface area (Å²) in [5.41, 5.74) is 0.321. The van der Waals surface area contributed by atoms with E-state index in [1.807, 2.05) is 0 Å². The number of carboxylic acids is 1. The van der Waals surface area contributed by atoms with Crippen LogP contribution < -0.4 is 5.32 Å². The van der Waals surface area contributed by atoms with Gasteiger partial charge in [0.2, 0.25) is 0 Å². The van der Waals surface area contributed by atoms with Crippen molar-refractivity contribution in [1.82, 2.24) is 4.90 Å². The molecule has 0 aromatic heterocycles. The van der Waals surface area contributed by atoms with Crippen LogP contribution in [0.1, 0.15) is 6.42 Å². The van der Waals surface area contributed by atoms with E-state index in [2.05, 4.69) is 21.2 Å². The third-order valence-corrected chi connectivity index (χ3v) is 3.65. The Bertz CT molecular complexity index is 554. The van der Waals surface area contributed by atoms with Crippen molar-refractivity contribution in [2.45, 2.75) is 18.6 Å². The normalized spacial score (nSPS) is 21.9. The van der Waals surface area contributed by atoms with E-state index in [4.69, 9.17) is 5.11 Å². The molecule has 1 aromatic carbocycles. The standard InChI is InChI=1S/C12H12BrFN2O4/c13-8-3-6(14)1-2-9(8)15-12(20)16-5-7(17)4-10(16)11(18)19/h1-3,7,10,17H,4-5H2,(H,15,20)(H,18,19)/t7?,10-/m0/s1. The minimum Gasteiger partial charge on any atom is -0.480 e. The van der Waals surface area contributed by atoms with Gasteiger partial charge in [0.15, 0.2) is 0 Å². The first-order chi connectivity index (χ1) is 9.38. The maximum Gasteiger partial charge on any atom is 0.326 e. The van der Waals surface area contributed by atoms with Crippen LogP contribution in [0, 0.1) is 5.82 Å². The summed E-state index contributed by atoms with van der Waals surface area (Å²) >= 11 is 3.10. The summed E-state index contributed by atoms with van der Waals surface area (Å²) in [6.45, 7) is -0.0540. The van der Waals surface area contributed by atoms with E-state index in [1.54, 1.807) is 0 Å². The van der Waals surface area contributed by atoms with Crippen LogP contribution in [0.15, 0.2) is 22.7 Å². The molecule has 2 atom stereocenters. The predicted molar refractivity (Wildman–Crippen MR) is 71.9 cm³/mol. The Balaban J connectivity index is 2.13. The van der Waals surface area contributed by atoms with Crippen LogP contribution in [0.2, 0.25) is 0 Å². The Hall–Kier alpha value is -1.67. The zero-order chi connectivity index (χ0) is 14.9. The summed E-state index contributed by atoms with van der Waals surface area (Å²) in [7, 11) is 0. The number of carboxylic acid groups (broad SMARTS) is 1. The number of benzene rings is 1. The number of nitrogens with one attached hydrogen (secondary N) is 1. The number of β-amino-alcohol motifs (C(OH)–C–C–N with tert-alkyl or cyclic N) is 1. The number of aliphatic hydroxyl groups is 1. The lowest BCUT2D eigenvalue weighted by molar-refractivity contribution is -0.141. The fraction of sp³-hybridized carbons (Fsp3) is 0.333. The molecule has 108 valence electrons. The third kappa shape index (κ3) is 3.07. The molecule has 1 fully saturated rings. The summed E-state index contributed by atoms with van der Waals surface area (Å²) in [6.07, 6.45) is -0.869. The number of urea groups is 1. The quantitative estimate of drug-likeness (QED) is 0.759. The van der Waals surface area contributed by atoms with Crippen LogP contribution >= 0.6 is 15.9 Å². The van der Waals surface area contributed by atoms with E-state index in [1.165, 1.54) is 18.2 Å². The van der Waals surface area contributed by atoms with Crippen molar-refractivity contribution in [3.8, 4) is 0 Å². The van der Waals surface area contributed by atoms with E-state index < -0.39 is 30.0 Å². The first-order valence-electron chi connectivity index (χ1n) is 5.82. The lowest BCUT2D eigenvalue weighted by Crippen LogP contribution is -2.43. The Labute approximate surface area is 122 Å². The maximum absolute atomic E-state index is 12.9. The van der Waals surface area contributed by atoms with E-state index >= 15 is 0 Å². The molecule has 1 aliphatic heterocycles. The number of nitrogens with zero attached hydrogens (tertiary/aromatic N) is 1. The molecule has 0 spiro atoms. The molecule has 2 rings (SSSR count). The van der Waals surface area contributed by atoms with Crippen LogP contribution in [-0.2, 0) is 4.79 Å². The monoisotopic (exact) mass is 346 g/mol. The molecule has 1 saturated heterocycles. The Kier molecular flexibility index (Phi) is 4.24. The van der Waals surface area contributed by atoms with E-state index in [0.29, 0.717) is 10.2 Å². The fourth-order valence-corrected chi connectivity index (χ4v) is 2.50. The predicted octanol–water partition coefficient (Wildman–Crippen LogP) is 1.64. The number of aliphatic hydroxyl groups excluding tert-OH is 1. The third-order valence-electron chi connectivity index (χ3n) is 3.00. The van der Waals surface area contributed by atoms with E-state index in [9.17, 15) is 19.1 Å². The van der Waals surface area contributed by atoms with Gasteiger partial charge in [0, 0.05) is 17.4 Å². The van der Waals surface area contributed by atoms with Crippen molar-refractivity contribution >= 4 is 33.6 Å². The maximum atomic E-state index is 12.9. The second kappa shape index (κ2) is 5.76. The van der Waals surface area contributed by atoms with Gasteiger partial charge in [0.1, 0.15) is 11.9 Å². The molecular formula is C12H12BrFN2O4. The summed E-state index contributed by atoms with van der Waals surface area (Å²) < 4.78 is 13.3. The molecule has 20 heavy (non-hydrogen) atoms. The molecule has 8 heteroatoms. The van der Waals surface area contributed by atoms with Gasteiger partial charge in [0.05, 0.1) is 11.8 Å². The number of rotatable bonds is 2. The number of halogens is 2. The van der Waals surface area contributed by atoms with Gasteiger partial charge in [0.25, 0.3) is 0 Å². The number of hydrogen-bond donors (Lipinski definition) is 3. The molecule has 3 N–H and O–H groups in total. The van der Waals surface area contributed by atoms with Crippen molar-refractivity contribution in [3.63, 3.8) is 0 Å². The number of anilines is 1. The lowest BCUT2D eigenvalue weighted by Gasteiger charge is -2.21. The molecule has 1 heterocycles. The first kappa shape index (κ1) is 14.7. The molecule has 6 nitrogen and oxygen atoms in total. The highest BCUT2D eigenvalue weighted by Gasteiger charge is 2.39. The average Bonchev–Trinajstić information content (AvgIpc) is 2.75. The van der Waals surface area contributed by atoms with Gasteiger partial charge in [-0.15, -0.1) is 0 Å². The number of likely N-dealkylation sites (tertiary alicyclic amines) is 1. The van der Waals surface area contributed by atoms with Crippen molar-refractivity contribution < 1.29 is 24.2 Å². The SMILES string of the molecule is O=C(O)[C@@H]1CC(O)CN1C(=O)Nc1ccc(F)cc1Br. The highest BCUT2D eigenvalue weighted by molar-refractivity contribution is 9.10. The van der Waals surface area contributed by atoms with Crippen LogP contribution in [0.4, 0.5) is 14.9 Å². The first-order valence-corrected chi connectivity index (χ1v) is 6.61. The molecule has 1 unspecified atom stereocenters. The Morgan fingerprint density at radius 2 is 2.15 bits per heavy atom. The van der Waals surface area contributed by atoms with Crippen LogP contribution in [0.5, 0.6) is 0 Å². The van der Waals surface area contributed by atoms with Gasteiger partial charge in [-0.1, -0.05) is 0 Å². The summed E-state index contributed by atoms with van der Waals surface area (Å²) in [5.74, 6) is -1.63. The number of carbonyl (C=O) groups excluding carboxylic acids is 1. The molecular weight excluding hydrogens is 335 g/mol. The van der Waals surface area contributed by atoms with Gasteiger partial charge in [-0.3, -0.25) is 0 Å². The molecule has 0 radical (unpaired) electrons. The Morgan fingerprint density at radius 3 is 2.75 bits per heavy atom. The van der Waals surface area contributed by atoms with E-state index in [-0.39, 0.29) is 13.0 Å². The minimum absolute atomic E-state index is 0.00661. The number of carbonyl (C=O) groups is 2. The van der Waals surface area contributed by atoms with Gasteiger partial charge < -0.3 is 20.4 Å². The molecule has 0 saturated carbocycles. The highest BCUT2D eigenvalue weighted by Crippen LogP contribution is 2.25. The topological polar surface area (TPSA) is 89.9 Å². The van der Waals surface area contributed by atoms with Gasteiger partial charge >= 0.3 is 12.0 Å². The Morgan fingerprint density at radius 1 is 1.45 bits per heavy atom. The van der Waals surface area contributed by atoms with Crippen LogP contribution in [-0.4, -0.2) is 45.8 Å². The molecule has 0 aliphatic carbocycles. The average molecular weight is 347 g/mol. The zero-order valence-electron chi connectivity index (χ0n) is 10.2. The van der Waals surface area contributed by atoms with Crippen molar-refractivity contribution in [2.75, 3.05) is 11.9 Å². The molecule has 2 amide bonds. The smallest absolute Gasteiger partial charge is 0.326 e. The van der Waals surface area contributed by atoms with E-state index in [0.717, 1.165) is 4.90 Å². The summed E-state index contributed by atoms with van der Waals surface area (Å²) in [5, 5.41) is 21.0. The van der Waals surface area contributed by atoms with Crippen LogP contribution in [0.3, 0.4) is 0 Å². The minimum atomic E-state index is -1.17. The number of amides is 2. The second-order valence-electron chi connectivity index (χ2n) is 4.45. The summed E-state index contributed by atoms with van der Waals surface area (Å²) in [6, 6.07) is 2.00.